The van der Waals surface area contributed by atoms with Crippen molar-refractivity contribution in [1.29, 1.82) is 0 Å². The molecule has 0 unspecified atom stereocenters. The van der Waals surface area contributed by atoms with E-state index in [0.29, 0.717) is 0 Å². The minimum Gasteiger partial charge on any atom is -0.385 e. The molecule has 3 rings (SSSR count). The van der Waals surface area contributed by atoms with Crippen LogP contribution in [-0.4, -0.2) is 16.5 Å². The summed E-state index contributed by atoms with van der Waals surface area (Å²) in [6.07, 6.45) is 5.52. The van der Waals surface area contributed by atoms with E-state index in [1.165, 1.54) is 16.8 Å². The number of rotatable bonds is 6. The molecule has 0 aliphatic rings. The first-order chi connectivity index (χ1) is 10.4. The Morgan fingerprint density at radius 3 is 2.43 bits per heavy atom. The Morgan fingerprint density at radius 1 is 0.905 bits per heavy atom. The highest BCUT2D eigenvalue weighted by Gasteiger charge is 1.98. The van der Waals surface area contributed by atoms with Crippen LogP contribution in [0.3, 0.4) is 0 Å². The van der Waals surface area contributed by atoms with Crippen molar-refractivity contribution in [2.75, 3.05) is 11.9 Å². The SMILES string of the molecule is c1ccc(CCNc2ccc(Cc3cnc[nH]3)cc2)cc1. The van der Waals surface area contributed by atoms with Crippen LogP contribution >= 0.6 is 0 Å². The number of nitrogens with one attached hydrogen (secondary N) is 2. The van der Waals surface area contributed by atoms with E-state index in [4.69, 9.17) is 0 Å². The van der Waals surface area contributed by atoms with E-state index in [0.717, 1.165) is 25.1 Å². The van der Waals surface area contributed by atoms with Crippen molar-refractivity contribution >= 4 is 5.69 Å². The Kier molecular flexibility index (Phi) is 4.32. The fourth-order valence-electron chi connectivity index (χ4n) is 2.34. The Hall–Kier alpha value is -2.55. The summed E-state index contributed by atoms with van der Waals surface area (Å²) in [5.74, 6) is 0. The minimum atomic E-state index is 0.893. The predicted molar refractivity (Wildman–Crippen MR) is 86.5 cm³/mol. The molecule has 0 fully saturated rings. The van der Waals surface area contributed by atoms with Crippen molar-refractivity contribution in [2.45, 2.75) is 12.8 Å². The average Bonchev–Trinajstić information content (AvgIpc) is 3.03. The molecule has 1 heterocycles. The van der Waals surface area contributed by atoms with Gasteiger partial charge in [-0.25, -0.2) is 4.98 Å². The van der Waals surface area contributed by atoms with Crippen LogP contribution in [0.2, 0.25) is 0 Å². The van der Waals surface area contributed by atoms with Crippen LogP contribution in [0, 0.1) is 0 Å². The number of hydrogen-bond acceptors (Lipinski definition) is 2. The molecule has 0 aliphatic heterocycles. The average molecular weight is 277 g/mol. The Bertz CT molecular complexity index is 643. The van der Waals surface area contributed by atoms with Crippen LogP contribution in [0.1, 0.15) is 16.8 Å². The van der Waals surface area contributed by atoms with Gasteiger partial charge < -0.3 is 10.3 Å². The van der Waals surface area contributed by atoms with Crippen LogP contribution in [-0.2, 0) is 12.8 Å². The number of hydrogen-bond donors (Lipinski definition) is 2. The molecule has 0 bridgehead atoms. The lowest BCUT2D eigenvalue weighted by molar-refractivity contribution is 1.02. The normalized spacial score (nSPS) is 10.5. The second-order valence-electron chi connectivity index (χ2n) is 5.11. The first-order valence-corrected chi connectivity index (χ1v) is 7.24. The molecule has 0 radical (unpaired) electrons. The standard InChI is InChI=1S/C18H19N3/c1-2-4-15(5-3-1)10-11-20-17-8-6-16(7-9-17)12-18-13-19-14-21-18/h1-9,13-14,20H,10-12H2,(H,19,21). The maximum Gasteiger partial charge on any atom is 0.0921 e. The van der Waals surface area contributed by atoms with Crippen LogP contribution in [0.4, 0.5) is 5.69 Å². The van der Waals surface area contributed by atoms with Crippen molar-refractivity contribution < 1.29 is 0 Å². The van der Waals surface area contributed by atoms with Gasteiger partial charge in [0, 0.05) is 30.5 Å². The topological polar surface area (TPSA) is 40.7 Å². The first-order valence-electron chi connectivity index (χ1n) is 7.24. The van der Waals surface area contributed by atoms with Gasteiger partial charge in [0.15, 0.2) is 0 Å². The van der Waals surface area contributed by atoms with Crippen molar-refractivity contribution in [1.82, 2.24) is 9.97 Å². The monoisotopic (exact) mass is 277 g/mol. The molecule has 0 aliphatic carbocycles. The minimum absolute atomic E-state index is 0.893. The molecule has 0 atom stereocenters. The smallest absolute Gasteiger partial charge is 0.0921 e. The molecule has 0 saturated carbocycles. The lowest BCUT2D eigenvalue weighted by Crippen LogP contribution is -2.04. The Labute approximate surface area is 125 Å². The summed E-state index contributed by atoms with van der Waals surface area (Å²) >= 11 is 0. The second kappa shape index (κ2) is 6.75. The third kappa shape index (κ3) is 3.96. The van der Waals surface area contributed by atoms with Crippen LogP contribution in [0.15, 0.2) is 67.1 Å². The van der Waals surface area contributed by atoms with E-state index in [-0.39, 0.29) is 0 Å². The summed E-state index contributed by atoms with van der Waals surface area (Å²) in [7, 11) is 0. The van der Waals surface area contributed by atoms with Gasteiger partial charge in [0.05, 0.1) is 6.33 Å². The van der Waals surface area contributed by atoms with Crippen molar-refractivity contribution in [3.05, 3.63) is 83.9 Å². The lowest BCUT2D eigenvalue weighted by Gasteiger charge is -2.07. The zero-order chi connectivity index (χ0) is 14.3. The highest BCUT2D eigenvalue weighted by molar-refractivity contribution is 5.45. The summed E-state index contributed by atoms with van der Waals surface area (Å²) in [6.45, 7) is 0.948. The summed E-state index contributed by atoms with van der Waals surface area (Å²) in [5, 5.41) is 3.46. The zero-order valence-electron chi connectivity index (χ0n) is 11.9. The molecule has 3 heteroatoms. The van der Waals surface area contributed by atoms with E-state index in [1.807, 2.05) is 6.20 Å². The molecule has 1 aromatic heterocycles. The van der Waals surface area contributed by atoms with Gasteiger partial charge in [-0.3, -0.25) is 0 Å². The number of benzene rings is 2. The van der Waals surface area contributed by atoms with Gasteiger partial charge >= 0.3 is 0 Å². The molecular weight excluding hydrogens is 258 g/mol. The molecular formula is C18H19N3. The van der Waals surface area contributed by atoms with E-state index in [1.54, 1.807) is 6.33 Å². The summed E-state index contributed by atoms with van der Waals surface area (Å²) < 4.78 is 0. The third-order valence-corrected chi connectivity index (χ3v) is 3.49. The van der Waals surface area contributed by atoms with Gasteiger partial charge in [-0.05, 0) is 29.7 Å². The predicted octanol–water partition coefficient (Wildman–Crippen LogP) is 3.66. The van der Waals surface area contributed by atoms with Gasteiger partial charge in [-0.15, -0.1) is 0 Å². The van der Waals surface area contributed by atoms with Crippen LogP contribution in [0.5, 0.6) is 0 Å². The lowest BCUT2D eigenvalue weighted by atomic mass is 10.1. The maximum atomic E-state index is 4.04. The molecule has 0 saturated heterocycles. The van der Waals surface area contributed by atoms with Gasteiger partial charge in [0.2, 0.25) is 0 Å². The highest BCUT2D eigenvalue weighted by Crippen LogP contribution is 2.12. The van der Waals surface area contributed by atoms with Gasteiger partial charge in [-0.1, -0.05) is 42.5 Å². The largest absolute Gasteiger partial charge is 0.385 e. The number of H-pyrrole nitrogens is 1. The molecule has 0 amide bonds. The molecule has 3 aromatic rings. The highest BCUT2D eigenvalue weighted by atomic mass is 14.9. The van der Waals surface area contributed by atoms with Gasteiger partial charge in [0.1, 0.15) is 0 Å². The molecule has 0 spiro atoms. The van der Waals surface area contributed by atoms with Crippen LogP contribution in [0.25, 0.3) is 0 Å². The second-order valence-corrected chi connectivity index (χ2v) is 5.11. The number of nitrogens with zero attached hydrogens (tertiary/aromatic N) is 1. The summed E-state index contributed by atoms with van der Waals surface area (Å²) in [4.78, 5) is 7.16. The van der Waals surface area contributed by atoms with Crippen LogP contribution < -0.4 is 5.32 Å². The molecule has 2 N–H and O–H groups in total. The maximum absolute atomic E-state index is 4.04. The van der Waals surface area contributed by atoms with Crippen molar-refractivity contribution in [3.63, 3.8) is 0 Å². The van der Waals surface area contributed by atoms with E-state index >= 15 is 0 Å². The number of aromatic nitrogens is 2. The Morgan fingerprint density at radius 2 is 1.71 bits per heavy atom. The van der Waals surface area contributed by atoms with E-state index in [9.17, 15) is 0 Å². The number of imidazole rings is 1. The fourth-order valence-corrected chi connectivity index (χ4v) is 2.34. The van der Waals surface area contributed by atoms with Gasteiger partial charge in [0.25, 0.3) is 0 Å². The van der Waals surface area contributed by atoms with E-state index < -0.39 is 0 Å². The Balaban J connectivity index is 1.50. The van der Waals surface area contributed by atoms with E-state index in [2.05, 4.69) is 69.9 Å². The summed E-state index contributed by atoms with van der Waals surface area (Å²) in [5.41, 5.74) is 4.95. The quantitative estimate of drug-likeness (QED) is 0.722. The first kappa shape index (κ1) is 13.4. The molecule has 106 valence electrons. The zero-order valence-corrected chi connectivity index (χ0v) is 11.9. The van der Waals surface area contributed by atoms with Crippen molar-refractivity contribution in [3.8, 4) is 0 Å². The van der Waals surface area contributed by atoms with Crippen molar-refractivity contribution in [2.24, 2.45) is 0 Å². The third-order valence-electron chi connectivity index (χ3n) is 3.49. The fraction of sp³-hybridized carbons (Fsp3) is 0.167. The number of anilines is 1. The molecule has 2 aromatic carbocycles. The summed E-state index contributed by atoms with van der Waals surface area (Å²) in [6, 6.07) is 19.1. The van der Waals surface area contributed by atoms with Gasteiger partial charge in [-0.2, -0.15) is 0 Å². The molecule has 21 heavy (non-hydrogen) atoms. The number of aromatic amines is 1. The molecule has 3 nitrogen and oxygen atoms in total.